The van der Waals surface area contributed by atoms with E-state index in [4.69, 9.17) is 4.74 Å². The largest absolute Gasteiger partial charge is 0.378 e. The molecule has 0 aromatic rings. The molecule has 2 fully saturated rings. The smallest absolute Gasteiger partial charge is 0.0627 e. The number of fused-ring (bicyclic) bond motifs is 1. The van der Waals surface area contributed by atoms with Gasteiger partial charge in [0.2, 0.25) is 0 Å². The van der Waals surface area contributed by atoms with Crippen LogP contribution in [-0.4, -0.2) is 37.7 Å². The van der Waals surface area contributed by atoms with Gasteiger partial charge in [-0.1, -0.05) is 0 Å². The molecule has 2 rings (SSSR count). The van der Waals surface area contributed by atoms with E-state index in [0.29, 0.717) is 6.10 Å². The Bertz CT molecular complexity index is 138. The van der Waals surface area contributed by atoms with Crippen LogP contribution in [0.4, 0.5) is 0 Å². The van der Waals surface area contributed by atoms with Gasteiger partial charge in [0, 0.05) is 19.7 Å². The van der Waals surface area contributed by atoms with Gasteiger partial charge in [0.25, 0.3) is 0 Å². The Morgan fingerprint density at radius 1 is 1.36 bits per heavy atom. The van der Waals surface area contributed by atoms with Crippen molar-refractivity contribution in [2.45, 2.75) is 25.4 Å². The van der Waals surface area contributed by atoms with Gasteiger partial charge in [0.15, 0.2) is 0 Å². The zero-order valence-corrected chi connectivity index (χ0v) is 7.25. The third kappa shape index (κ3) is 1.57. The molecular formula is C9H17NO. The number of hydrogen-bond donors (Lipinski definition) is 0. The maximum Gasteiger partial charge on any atom is 0.0627 e. The first-order valence-corrected chi connectivity index (χ1v) is 4.66. The van der Waals surface area contributed by atoms with E-state index in [0.717, 1.165) is 12.5 Å². The van der Waals surface area contributed by atoms with Crippen molar-refractivity contribution < 1.29 is 4.74 Å². The summed E-state index contributed by atoms with van der Waals surface area (Å²) in [5.41, 5.74) is 0. The second-order valence-corrected chi connectivity index (χ2v) is 3.86. The minimum absolute atomic E-state index is 0.597. The number of piperidine rings is 1. The molecule has 0 aliphatic carbocycles. The van der Waals surface area contributed by atoms with E-state index in [9.17, 15) is 0 Å². The summed E-state index contributed by atoms with van der Waals surface area (Å²) in [6, 6.07) is 0. The lowest BCUT2D eigenvalue weighted by molar-refractivity contribution is -0.0619. The molecule has 2 aliphatic heterocycles. The lowest BCUT2D eigenvalue weighted by Gasteiger charge is -2.39. The van der Waals surface area contributed by atoms with Gasteiger partial charge in [-0.15, -0.1) is 0 Å². The minimum Gasteiger partial charge on any atom is -0.378 e. The summed E-state index contributed by atoms with van der Waals surface area (Å²) in [5.74, 6) is 0.836. The standard InChI is InChI=1S/C9H17NO/c1-10-5-4-9-8(7-10)3-2-6-11-9/h8-9H,2-7H2,1H3. The molecular weight excluding hydrogens is 138 g/mol. The number of ether oxygens (including phenoxy) is 1. The summed E-state index contributed by atoms with van der Waals surface area (Å²) in [6.07, 6.45) is 4.51. The minimum atomic E-state index is 0.597. The third-order valence-electron chi connectivity index (χ3n) is 2.92. The quantitative estimate of drug-likeness (QED) is 0.519. The van der Waals surface area contributed by atoms with Crippen molar-refractivity contribution >= 4 is 0 Å². The first-order valence-electron chi connectivity index (χ1n) is 4.66. The lowest BCUT2D eigenvalue weighted by atomic mass is 9.89. The van der Waals surface area contributed by atoms with Crippen LogP contribution in [0.3, 0.4) is 0 Å². The van der Waals surface area contributed by atoms with E-state index in [-0.39, 0.29) is 0 Å². The summed E-state index contributed by atoms with van der Waals surface area (Å²) >= 11 is 0. The number of likely N-dealkylation sites (tertiary alicyclic amines) is 1. The van der Waals surface area contributed by atoms with Crippen LogP contribution in [0.5, 0.6) is 0 Å². The van der Waals surface area contributed by atoms with E-state index in [1.54, 1.807) is 0 Å². The third-order valence-corrected chi connectivity index (χ3v) is 2.92. The van der Waals surface area contributed by atoms with E-state index >= 15 is 0 Å². The van der Waals surface area contributed by atoms with Crippen molar-refractivity contribution in [1.29, 1.82) is 0 Å². The van der Waals surface area contributed by atoms with Crippen molar-refractivity contribution in [1.82, 2.24) is 4.90 Å². The highest BCUT2D eigenvalue weighted by molar-refractivity contribution is 4.81. The fourth-order valence-corrected chi connectivity index (χ4v) is 2.27. The van der Waals surface area contributed by atoms with Crippen molar-refractivity contribution in [2.24, 2.45) is 5.92 Å². The van der Waals surface area contributed by atoms with Crippen LogP contribution in [0.15, 0.2) is 0 Å². The molecule has 2 heterocycles. The van der Waals surface area contributed by atoms with Gasteiger partial charge in [0.1, 0.15) is 0 Å². The summed E-state index contributed by atoms with van der Waals surface area (Å²) in [4.78, 5) is 2.43. The molecule has 64 valence electrons. The molecule has 2 unspecified atom stereocenters. The SMILES string of the molecule is CN1CCC2OCCCC2C1. The van der Waals surface area contributed by atoms with Gasteiger partial charge in [-0.25, -0.2) is 0 Å². The van der Waals surface area contributed by atoms with Crippen LogP contribution in [0, 0.1) is 5.92 Å². The molecule has 2 aliphatic rings. The molecule has 0 spiro atoms. The molecule has 0 aromatic heterocycles. The highest BCUT2D eigenvalue weighted by Crippen LogP contribution is 2.27. The summed E-state index contributed by atoms with van der Waals surface area (Å²) in [5, 5.41) is 0. The van der Waals surface area contributed by atoms with E-state index in [1.807, 2.05) is 0 Å². The molecule has 0 saturated carbocycles. The Balaban J connectivity index is 1.93. The fraction of sp³-hybridized carbons (Fsp3) is 1.00. The Hall–Kier alpha value is -0.0800. The van der Waals surface area contributed by atoms with Crippen molar-refractivity contribution in [3.8, 4) is 0 Å². The normalized spacial score (nSPS) is 40.1. The molecule has 0 bridgehead atoms. The van der Waals surface area contributed by atoms with Crippen LogP contribution in [0.25, 0.3) is 0 Å². The predicted octanol–water partition coefficient (Wildman–Crippen LogP) is 1.12. The molecule has 2 nitrogen and oxygen atoms in total. The topological polar surface area (TPSA) is 12.5 Å². The summed E-state index contributed by atoms with van der Waals surface area (Å²) in [7, 11) is 2.21. The van der Waals surface area contributed by atoms with Gasteiger partial charge >= 0.3 is 0 Å². The van der Waals surface area contributed by atoms with Gasteiger partial charge in [-0.3, -0.25) is 0 Å². The predicted molar refractivity (Wildman–Crippen MR) is 44.6 cm³/mol. The zero-order chi connectivity index (χ0) is 7.68. The van der Waals surface area contributed by atoms with Crippen LogP contribution in [0.2, 0.25) is 0 Å². The van der Waals surface area contributed by atoms with Gasteiger partial charge in [-0.05, 0) is 32.2 Å². The van der Waals surface area contributed by atoms with E-state index in [1.165, 1.54) is 32.4 Å². The molecule has 2 heteroatoms. The van der Waals surface area contributed by atoms with Crippen LogP contribution < -0.4 is 0 Å². The van der Waals surface area contributed by atoms with Gasteiger partial charge in [0.05, 0.1) is 6.10 Å². The highest BCUT2D eigenvalue weighted by atomic mass is 16.5. The summed E-state index contributed by atoms with van der Waals surface area (Å²) in [6.45, 7) is 3.48. The molecule has 11 heavy (non-hydrogen) atoms. The van der Waals surface area contributed by atoms with Crippen molar-refractivity contribution in [3.63, 3.8) is 0 Å². The van der Waals surface area contributed by atoms with Crippen LogP contribution in [-0.2, 0) is 4.74 Å². The molecule has 2 saturated heterocycles. The van der Waals surface area contributed by atoms with E-state index in [2.05, 4.69) is 11.9 Å². The number of rotatable bonds is 0. The van der Waals surface area contributed by atoms with Crippen LogP contribution in [0.1, 0.15) is 19.3 Å². The highest BCUT2D eigenvalue weighted by Gasteiger charge is 2.30. The second kappa shape index (κ2) is 3.11. The fourth-order valence-electron chi connectivity index (χ4n) is 2.27. The van der Waals surface area contributed by atoms with Crippen molar-refractivity contribution in [3.05, 3.63) is 0 Å². The molecule has 0 N–H and O–H groups in total. The molecule has 0 amide bonds. The Kier molecular flexibility index (Phi) is 2.14. The number of nitrogens with zero attached hydrogens (tertiary/aromatic N) is 1. The first kappa shape index (κ1) is 7.56. The monoisotopic (exact) mass is 155 g/mol. The Morgan fingerprint density at radius 3 is 3.18 bits per heavy atom. The van der Waals surface area contributed by atoms with Gasteiger partial charge < -0.3 is 9.64 Å². The maximum atomic E-state index is 5.70. The maximum absolute atomic E-state index is 5.70. The average Bonchev–Trinajstić information content (AvgIpc) is 2.04. The summed E-state index contributed by atoms with van der Waals surface area (Å²) < 4.78 is 5.70. The average molecular weight is 155 g/mol. The molecule has 0 aromatic carbocycles. The second-order valence-electron chi connectivity index (χ2n) is 3.86. The van der Waals surface area contributed by atoms with Gasteiger partial charge in [-0.2, -0.15) is 0 Å². The first-order chi connectivity index (χ1) is 5.36. The van der Waals surface area contributed by atoms with Crippen molar-refractivity contribution in [2.75, 3.05) is 26.7 Å². The Morgan fingerprint density at radius 2 is 2.27 bits per heavy atom. The van der Waals surface area contributed by atoms with E-state index < -0.39 is 0 Å². The molecule has 2 atom stereocenters. The Labute approximate surface area is 68.5 Å². The van der Waals surface area contributed by atoms with Crippen LogP contribution >= 0.6 is 0 Å². The number of hydrogen-bond acceptors (Lipinski definition) is 2. The lowest BCUT2D eigenvalue weighted by Crippen LogP contribution is -2.44. The molecule has 0 radical (unpaired) electrons. The zero-order valence-electron chi connectivity index (χ0n) is 7.25.